The highest BCUT2D eigenvalue weighted by molar-refractivity contribution is 5.87. The van der Waals surface area contributed by atoms with Gasteiger partial charge in [-0.2, -0.15) is 0 Å². The number of fused-ring (bicyclic) bond motifs is 5. The summed E-state index contributed by atoms with van der Waals surface area (Å²) in [7, 11) is 0. The summed E-state index contributed by atoms with van der Waals surface area (Å²) in [5.74, 6) is 5.07. The van der Waals surface area contributed by atoms with Crippen molar-refractivity contribution in [2.45, 2.75) is 77.6 Å². The maximum absolute atomic E-state index is 12.5. The summed E-state index contributed by atoms with van der Waals surface area (Å²) in [5, 5.41) is 0. The molecule has 5 fully saturated rings. The lowest BCUT2D eigenvalue weighted by Gasteiger charge is -2.61. The predicted octanol–water partition coefficient (Wildman–Crippen LogP) is 5.54. The molecule has 0 amide bonds. The van der Waals surface area contributed by atoms with E-state index in [9.17, 15) is 4.79 Å². The largest absolute Gasteiger partial charge is 0.299 e. The number of carbonyl (C=O) groups is 1. The Kier molecular flexibility index (Phi) is 3.03. The van der Waals surface area contributed by atoms with E-state index in [2.05, 4.69) is 13.5 Å². The molecular weight excluding hydrogens is 280 g/mol. The van der Waals surface area contributed by atoms with Gasteiger partial charge in [0.2, 0.25) is 0 Å². The van der Waals surface area contributed by atoms with E-state index in [0.717, 1.165) is 36.0 Å². The van der Waals surface area contributed by atoms with Gasteiger partial charge in [0.05, 0.1) is 0 Å². The van der Waals surface area contributed by atoms with Crippen molar-refractivity contribution in [2.24, 2.45) is 40.4 Å². The zero-order valence-corrected chi connectivity index (χ0v) is 14.8. The number of Topliss-reactive ketones (excluding diaryl/α,β-unsaturated/α-hetero) is 1. The number of ketones is 1. The molecule has 0 saturated heterocycles. The first-order valence-electron chi connectivity index (χ1n) is 10.3. The van der Waals surface area contributed by atoms with Crippen LogP contribution in [0.5, 0.6) is 0 Å². The molecule has 0 bridgehead atoms. The van der Waals surface area contributed by atoms with Gasteiger partial charge in [-0.25, -0.2) is 0 Å². The number of rotatable bonds is 1. The van der Waals surface area contributed by atoms with E-state index in [1.54, 1.807) is 0 Å². The SMILES string of the molecule is C=C1CCC2(C3CC3)C(CCC3C4CCC(=O)C4(C)CCC32)C1. The summed E-state index contributed by atoms with van der Waals surface area (Å²) in [4.78, 5) is 12.5. The van der Waals surface area contributed by atoms with Gasteiger partial charge in [0.25, 0.3) is 0 Å². The molecule has 0 aliphatic heterocycles. The molecule has 0 radical (unpaired) electrons. The molecule has 5 rings (SSSR count). The van der Waals surface area contributed by atoms with Crippen molar-refractivity contribution in [2.75, 3.05) is 0 Å². The molecule has 23 heavy (non-hydrogen) atoms. The monoisotopic (exact) mass is 312 g/mol. The lowest BCUT2D eigenvalue weighted by atomic mass is 9.43. The summed E-state index contributed by atoms with van der Waals surface area (Å²) >= 11 is 0. The zero-order chi connectivity index (χ0) is 15.8. The van der Waals surface area contributed by atoms with Gasteiger partial charge >= 0.3 is 0 Å². The second-order valence-electron chi connectivity index (χ2n) is 9.91. The van der Waals surface area contributed by atoms with E-state index in [1.807, 2.05) is 0 Å². The lowest BCUT2D eigenvalue weighted by Crippen LogP contribution is -2.55. The Labute approximate surface area is 141 Å². The molecule has 6 atom stereocenters. The minimum absolute atomic E-state index is 0.0526. The highest BCUT2D eigenvalue weighted by Gasteiger charge is 2.64. The normalized spacial score (nSPS) is 52.7. The highest BCUT2D eigenvalue weighted by atomic mass is 16.1. The third-order valence-corrected chi connectivity index (χ3v) is 9.23. The second kappa shape index (κ2) is 4.73. The zero-order valence-electron chi connectivity index (χ0n) is 14.8. The van der Waals surface area contributed by atoms with Crippen molar-refractivity contribution in [1.82, 2.24) is 0 Å². The fraction of sp³-hybridized carbons (Fsp3) is 0.864. The predicted molar refractivity (Wildman–Crippen MR) is 92.9 cm³/mol. The summed E-state index contributed by atoms with van der Waals surface area (Å²) in [5.41, 5.74) is 2.23. The van der Waals surface area contributed by atoms with Crippen LogP contribution in [0, 0.1) is 40.4 Å². The fourth-order valence-corrected chi connectivity index (χ4v) is 8.08. The van der Waals surface area contributed by atoms with Gasteiger partial charge in [-0.05, 0) is 99.2 Å². The van der Waals surface area contributed by atoms with Crippen LogP contribution < -0.4 is 0 Å². The third-order valence-electron chi connectivity index (χ3n) is 9.23. The lowest BCUT2D eigenvalue weighted by molar-refractivity contribution is -0.142. The Morgan fingerprint density at radius 1 is 0.913 bits per heavy atom. The van der Waals surface area contributed by atoms with Gasteiger partial charge in [0.15, 0.2) is 0 Å². The van der Waals surface area contributed by atoms with Crippen LogP contribution in [0.1, 0.15) is 77.6 Å². The van der Waals surface area contributed by atoms with Gasteiger partial charge in [-0.15, -0.1) is 0 Å². The van der Waals surface area contributed by atoms with Crippen LogP contribution >= 0.6 is 0 Å². The Hall–Kier alpha value is -0.590. The summed E-state index contributed by atoms with van der Waals surface area (Å²) in [6.45, 7) is 6.67. The molecule has 6 unspecified atom stereocenters. The molecular formula is C22H32O. The average Bonchev–Trinajstić information content (AvgIpc) is 3.34. The van der Waals surface area contributed by atoms with Crippen molar-refractivity contribution >= 4 is 5.78 Å². The van der Waals surface area contributed by atoms with Gasteiger partial charge in [-0.3, -0.25) is 4.79 Å². The highest BCUT2D eigenvalue weighted by Crippen LogP contribution is 2.71. The quantitative estimate of drug-likeness (QED) is 0.581. The van der Waals surface area contributed by atoms with E-state index in [0.29, 0.717) is 11.2 Å². The van der Waals surface area contributed by atoms with Crippen molar-refractivity contribution in [3.8, 4) is 0 Å². The smallest absolute Gasteiger partial charge is 0.139 e. The molecule has 0 spiro atoms. The molecule has 1 heteroatoms. The second-order valence-corrected chi connectivity index (χ2v) is 9.91. The molecule has 0 aromatic carbocycles. The molecule has 0 aromatic heterocycles. The maximum atomic E-state index is 12.5. The number of hydrogen-bond donors (Lipinski definition) is 0. The molecule has 5 saturated carbocycles. The van der Waals surface area contributed by atoms with Crippen molar-refractivity contribution in [3.05, 3.63) is 12.2 Å². The summed E-state index contributed by atoms with van der Waals surface area (Å²) < 4.78 is 0. The van der Waals surface area contributed by atoms with E-state index in [4.69, 9.17) is 0 Å². The van der Waals surface area contributed by atoms with E-state index in [-0.39, 0.29) is 5.41 Å². The Balaban J connectivity index is 1.52. The minimum atomic E-state index is 0.0526. The fourth-order valence-electron chi connectivity index (χ4n) is 8.08. The first-order valence-corrected chi connectivity index (χ1v) is 10.3. The van der Waals surface area contributed by atoms with Crippen LogP contribution in [-0.2, 0) is 4.79 Å². The first kappa shape index (κ1) is 14.7. The van der Waals surface area contributed by atoms with Crippen LogP contribution in [0.25, 0.3) is 0 Å². The van der Waals surface area contributed by atoms with Crippen molar-refractivity contribution < 1.29 is 4.79 Å². The number of allylic oxidation sites excluding steroid dienone is 1. The van der Waals surface area contributed by atoms with E-state index < -0.39 is 0 Å². The van der Waals surface area contributed by atoms with E-state index >= 15 is 0 Å². The van der Waals surface area contributed by atoms with Crippen LogP contribution in [0.3, 0.4) is 0 Å². The topological polar surface area (TPSA) is 17.1 Å². The average molecular weight is 312 g/mol. The molecule has 126 valence electrons. The summed E-state index contributed by atoms with van der Waals surface area (Å²) in [6.07, 6.45) is 14.5. The van der Waals surface area contributed by atoms with Gasteiger partial charge < -0.3 is 0 Å². The molecule has 0 heterocycles. The number of hydrogen-bond acceptors (Lipinski definition) is 1. The number of carbonyl (C=O) groups excluding carboxylic acids is 1. The molecule has 5 aliphatic carbocycles. The first-order chi connectivity index (χ1) is 11.1. The molecule has 5 aliphatic rings. The standard InChI is InChI=1S/C22H32O/c1-14-9-12-22(15-3-4-15)16(13-14)5-6-17-18-7-8-20(23)21(18,2)11-10-19(17)22/h15-19H,1,3-13H2,2H3. The Morgan fingerprint density at radius 2 is 1.70 bits per heavy atom. The van der Waals surface area contributed by atoms with Crippen LogP contribution in [-0.4, -0.2) is 5.78 Å². The van der Waals surface area contributed by atoms with Crippen molar-refractivity contribution in [1.29, 1.82) is 0 Å². The molecule has 1 nitrogen and oxygen atoms in total. The van der Waals surface area contributed by atoms with Gasteiger partial charge in [0, 0.05) is 11.8 Å². The minimum Gasteiger partial charge on any atom is -0.299 e. The van der Waals surface area contributed by atoms with Gasteiger partial charge in [-0.1, -0.05) is 19.1 Å². The molecule has 0 N–H and O–H groups in total. The molecule has 0 aromatic rings. The van der Waals surface area contributed by atoms with Crippen LogP contribution in [0.4, 0.5) is 0 Å². The van der Waals surface area contributed by atoms with Crippen LogP contribution in [0.15, 0.2) is 12.2 Å². The Bertz CT molecular complexity index is 558. The van der Waals surface area contributed by atoms with Gasteiger partial charge in [0.1, 0.15) is 5.78 Å². The maximum Gasteiger partial charge on any atom is 0.139 e. The third kappa shape index (κ3) is 1.83. The Morgan fingerprint density at radius 3 is 2.48 bits per heavy atom. The summed E-state index contributed by atoms with van der Waals surface area (Å²) in [6, 6.07) is 0. The van der Waals surface area contributed by atoms with Crippen molar-refractivity contribution in [3.63, 3.8) is 0 Å². The van der Waals surface area contributed by atoms with E-state index in [1.165, 1.54) is 69.8 Å². The van der Waals surface area contributed by atoms with Crippen LogP contribution in [0.2, 0.25) is 0 Å².